The average molecular weight is 443 g/mol. The van der Waals surface area contributed by atoms with E-state index in [0.29, 0.717) is 6.61 Å². The number of aryl methyl sites for hydroxylation is 2. The summed E-state index contributed by atoms with van der Waals surface area (Å²) < 4.78 is 5.61. The summed E-state index contributed by atoms with van der Waals surface area (Å²) in [4.78, 5) is 11.6. The molecule has 2 aromatic carbocycles. The molecule has 4 aromatic rings. The molecule has 1 N–H and O–H groups in total. The van der Waals surface area contributed by atoms with Crippen LogP contribution in [0.25, 0.3) is 10.2 Å². The molecule has 0 spiro atoms. The number of benzene rings is 2. The van der Waals surface area contributed by atoms with Crippen LogP contribution >= 0.6 is 11.3 Å². The number of fused-ring (bicyclic) bond motifs is 3. The zero-order valence-electron chi connectivity index (χ0n) is 18.2. The van der Waals surface area contributed by atoms with Crippen molar-refractivity contribution in [1.82, 2.24) is 9.97 Å². The van der Waals surface area contributed by atoms with Crippen molar-refractivity contribution in [3.05, 3.63) is 82.5 Å². The Kier molecular flexibility index (Phi) is 6.12. The fourth-order valence-corrected chi connectivity index (χ4v) is 5.43. The third-order valence-corrected chi connectivity index (χ3v) is 6.96. The average Bonchev–Trinajstić information content (AvgIpc) is 3.22. The van der Waals surface area contributed by atoms with E-state index in [0.717, 1.165) is 52.3 Å². The summed E-state index contributed by atoms with van der Waals surface area (Å²) in [7, 11) is 0. The third-order valence-electron chi connectivity index (χ3n) is 5.76. The molecule has 0 saturated carbocycles. The lowest BCUT2D eigenvalue weighted by molar-refractivity contribution is 0.340. The number of anilines is 1. The van der Waals surface area contributed by atoms with Crippen molar-refractivity contribution in [2.45, 2.75) is 39.0 Å². The maximum atomic E-state index is 5.61. The smallest absolute Gasteiger partial charge is 0.158 e. The fourth-order valence-electron chi connectivity index (χ4n) is 4.20. The molecule has 32 heavy (non-hydrogen) atoms. The molecule has 0 aliphatic heterocycles. The molecule has 0 bridgehead atoms. The van der Waals surface area contributed by atoms with Gasteiger partial charge < -0.3 is 4.74 Å². The normalized spacial score (nSPS) is 13.7. The maximum absolute atomic E-state index is 5.61. The Hall–Kier alpha value is -3.25. The Bertz CT molecular complexity index is 1230. The van der Waals surface area contributed by atoms with Gasteiger partial charge in [-0.2, -0.15) is 5.10 Å². The molecule has 0 fully saturated rings. The van der Waals surface area contributed by atoms with Gasteiger partial charge in [-0.25, -0.2) is 9.97 Å². The Balaban J connectivity index is 1.50. The molecule has 2 aromatic heterocycles. The van der Waals surface area contributed by atoms with Gasteiger partial charge in [0, 0.05) is 11.3 Å². The number of nitrogens with zero attached hydrogens (tertiary/aromatic N) is 3. The number of aromatic nitrogens is 2. The van der Waals surface area contributed by atoms with E-state index in [1.807, 2.05) is 25.1 Å². The van der Waals surface area contributed by atoms with Gasteiger partial charge in [0.1, 0.15) is 16.9 Å². The summed E-state index contributed by atoms with van der Waals surface area (Å²) in [5, 5.41) is 5.99. The van der Waals surface area contributed by atoms with Crippen molar-refractivity contribution in [2.24, 2.45) is 5.10 Å². The first kappa shape index (κ1) is 20.6. The predicted octanol–water partition coefficient (Wildman–Crippen LogP) is 6.03. The molecule has 2 heterocycles. The van der Waals surface area contributed by atoms with E-state index in [2.05, 4.69) is 51.8 Å². The predicted molar refractivity (Wildman–Crippen MR) is 132 cm³/mol. The van der Waals surface area contributed by atoms with Gasteiger partial charge >= 0.3 is 0 Å². The summed E-state index contributed by atoms with van der Waals surface area (Å²) >= 11 is 1.80. The number of hydrazone groups is 1. The highest BCUT2D eigenvalue weighted by atomic mass is 32.1. The van der Waals surface area contributed by atoms with Crippen molar-refractivity contribution in [1.29, 1.82) is 0 Å². The topological polar surface area (TPSA) is 59.4 Å². The Morgan fingerprint density at radius 1 is 1.03 bits per heavy atom. The van der Waals surface area contributed by atoms with Gasteiger partial charge in [-0.3, -0.25) is 5.43 Å². The molecule has 0 atom stereocenters. The first-order valence-corrected chi connectivity index (χ1v) is 12.0. The Labute approximate surface area is 192 Å². The molecule has 0 radical (unpaired) electrons. The third kappa shape index (κ3) is 4.36. The molecule has 5 nitrogen and oxygen atoms in total. The number of rotatable bonds is 7. The fraction of sp³-hybridized carbons (Fsp3) is 0.269. The van der Waals surface area contributed by atoms with Crippen LogP contribution in [0.1, 0.15) is 41.3 Å². The number of nitrogens with one attached hydrogen (secondary N) is 1. The minimum atomic E-state index is 0.653. The van der Waals surface area contributed by atoms with Gasteiger partial charge in [0.05, 0.1) is 17.7 Å². The highest BCUT2D eigenvalue weighted by Crippen LogP contribution is 2.38. The molecule has 6 heteroatoms. The summed E-state index contributed by atoms with van der Waals surface area (Å²) in [5.41, 5.74) is 7.92. The van der Waals surface area contributed by atoms with Gasteiger partial charge in [-0.05, 0) is 73.6 Å². The highest BCUT2D eigenvalue weighted by Gasteiger charge is 2.20. The lowest BCUT2D eigenvalue weighted by Gasteiger charge is -2.12. The first-order valence-electron chi connectivity index (χ1n) is 11.2. The van der Waals surface area contributed by atoms with E-state index in [-0.39, 0.29) is 0 Å². The second-order valence-corrected chi connectivity index (χ2v) is 8.99. The number of hydrogen-bond donors (Lipinski definition) is 1. The molecule has 0 unspecified atom stereocenters. The summed E-state index contributed by atoms with van der Waals surface area (Å²) in [6.45, 7) is 2.65. The monoisotopic (exact) mass is 442 g/mol. The van der Waals surface area contributed by atoms with E-state index in [9.17, 15) is 0 Å². The molecular formula is C26H26N4OS. The van der Waals surface area contributed by atoms with Crippen LogP contribution in [0.2, 0.25) is 0 Å². The number of thiophene rings is 1. The molecule has 0 saturated heterocycles. The zero-order chi connectivity index (χ0) is 21.8. The summed E-state index contributed by atoms with van der Waals surface area (Å²) in [6, 6.07) is 18.5. The Morgan fingerprint density at radius 2 is 1.84 bits per heavy atom. The molecule has 162 valence electrons. The SMILES string of the molecule is CCOc1ccc(C(Cc2ccccc2)=NNc2ncnc3sc4c(c23)CCCC4)cc1. The van der Waals surface area contributed by atoms with Crippen LogP contribution in [0.3, 0.4) is 0 Å². The summed E-state index contributed by atoms with van der Waals surface area (Å²) in [6.07, 6.45) is 7.07. The van der Waals surface area contributed by atoms with Crippen LogP contribution in [-0.4, -0.2) is 22.3 Å². The van der Waals surface area contributed by atoms with E-state index >= 15 is 0 Å². The van der Waals surface area contributed by atoms with Gasteiger partial charge in [0.2, 0.25) is 0 Å². The van der Waals surface area contributed by atoms with Crippen molar-refractivity contribution in [2.75, 3.05) is 12.0 Å². The second-order valence-electron chi connectivity index (χ2n) is 7.90. The van der Waals surface area contributed by atoms with Crippen molar-refractivity contribution >= 4 is 33.1 Å². The van der Waals surface area contributed by atoms with Gasteiger partial charge in [-0.15, -0.1) is 11.3 Å². The van der Waals surface area contributed by atoms with E-state index < -0.39 is 0 Å². The first-order chi connectivity index (χ1) is 15.8. The quantitative estimate of drug-likeness (QED) is 0.280. The lowest BCUT2D eigenvalue weighted by atomic mass is 9.97. The van der Waals surface area contributed by atoms with Crippen LogP contribution in [0.4, 0.5) is 5.82 Å². The minimum Gasteiger partial charge on any atom is -0.494 e. The Morgan fingerprint density at radius 3 is 2.66 bits per heavy atom. The number of ether oxygens (including phenoxy) is 1. The summed E-state index contributed by atoms with van der Waals surface area (Å²) in [5.74, 6) is 1.66. The van der Waals surface area contributed by atoms with Crippen molar-refractivity contribution in [3.8, 4) is 5.75 Å². The van der Waals surface area contributed by atoms with Crippen molar-refractivity contribution < 1.29 is 4.74 Å². The van der Waals surface area contributed by atoms with Crippen LogP contribution < -0.4 is 10.2 Å². The van der Waals surface area contributed by atoms with Crippen molar-refractivity contribution in [3.63, 3.8) is 0 Å². The second kappa shape index (κ2) is 9.49. The van der Waals surface area contributed by atoms with Crippen LogP contribution in [0.15, 0.2) is 66.0 Å². The van der Waals surface area contributed by atoms with E-state index in [1.165, 1.54) is 28.8 Å². The molecule has 1 aliphatic carbocycles. The van der Waals surface area contributed by atoms with Crippen LogP contribution in [0.5, 0.6) is 5.75 Å². The largest absolute Gasteiger partial charge is 0.494 e. The van der Waals surface area contributed by atoms with Gasteiger partial charge in [0.25, 0.3) is 0 Å². The van der Waals surface area contributed by atoms with E-state index in [1.54, 1.807) is 17.7 Å². The van der Waals surface area contributed by atoms with Gasteiger partial charge in [-0.1, -0.05) is 30.3 Å². The molecule has 5 rings (SSSR count). The molecule has 1 aliphatic rings. The molecule has 0 amide bonds. The van der Waals surface area contributed by atoms with Crippen LogP contribution in [0, 0.1) is 0 Å². The lowest BCUT2D eigenvalue weighted by Crippen LogP contribution is -2.09. The standard InChI is InChI=1S/C26H26N4OS/c1-2-31-20-14-12-19(13-15-20)22(16-18-8-4-3-5-9-18)29-30-25-24-21-10-6-7-11-23(21)32-26(24)28-17-27-25/h3-5,8-9,12-15,17H,2,6-7,10-11,16H2,1H3,(H,27,28,30). The maximum Gasteiger partial charge on any atom is 0.158 e. The molecular weight excluding hydrogens is 416 g/mol. The minimum absolute atomic E-state index is 0.653. The van der Waals surface area contributed by atoms with Gasteiger partial charge in [0.15, 0.2) is 5.82 Å². The highest BCUT2D eigenvalue weighted by molar-refractivity contribution is 7.19. The van der Waals surface area contributed by atoms with Crippen LogP contribution in [-0.2, 0) is 19.3 Å². The van der Waals surface area contributed by atoms with E-state index in [4.69, 9.17) is 9.84 Å². The zero-order valence-corrected chi connectivity index (χ0v) is 19.0. The number of hydrogen-bond acceptors (Lipinski definition) is 6.